The number of anilines is 2. The molecule has 11 heteroatoms. The Hall–Kier alpha value is -4.41. The minimum atomic E-state index is -0.540. The minimum Gasteiger partial charge on any atom is -0.318 e. The van der Waals surface area contributed by atoms with E-state index in [9.17, 15) is 14.9 Å². The molecule has 2 N–H and O–H groups in total. The maximum Gasteiger partial charge on any atom is 0.288 e. The largest absolute Gasteiger partial charge is 0.318 e. The molecule has 29 heavy (non-hydrogen) atoms. The van der Waals surface area contributed by atoms with Crippen LogP contribution >= 0.6 is 0 Å². The molecule has 0 bridgehead atoms. The summed E-state index contributed by atoms with van der Waals surface area (Å²) in [6.45, 7) is 0. The highest BCUT2D eigenvalue weighted by atomic mass is 16.6. The summed E-state index contributed by atoms with van der Waals surface area (Å²) in [6.07, 6.45) is 0. The summed E-state index contributed by atoms with van der Waals surface area (Å²) in [5.74, 6) is 0.313. The molecule has 142 valence electrons. The molecular weight excluding hydrogens is 376 g/mol. The van der Waals surface area contributed by atoms with E-state index in [-0.39, 0.29) is 11.4 Å². The molecule has 4 aromatic rings. The molecule has 5 rings (SSSR count). The van der Waals surface area contributed by atoms with Crippen LogP contribution in [0, 0.1) is 10.1 Å². The summed E-state index contributed by atoms with van der Waals surface area (Å²) in [7, 11) is 0. The lowest BCUT2D eigenvalue weighted by Gasteiger charge is -2.27. The van der Waals surface area contributed by atoms with E-state index >= 15 is 0 Å². The van der Waals surface area contributed by atoms with Crippen molar-refractivity contribution in [2.24, 2.45) is 0 Å². The number of aromatic nitrogens is 6. The number of non-ortho nitro benzene ring substituents is 1. The molecule has 2 aromatic carbocycles. The van der Waals surface area contributed by atoms with E-state index in [4.69, 9.17) is 0 Å². The van der Waals surface area contributed by atoms with E-state index in [0.29, 0.717) is 22.8 Å². The SMILES string of the molecule is O=c1[nH]nc(-c2cccc([N+](=O)[O-])c2)c2c1Nc1nnnn1C2c1ccccc1. The first-order chi connectivity index (χ1) is 14.1. The molecular formula is C18H12N8O3. The Labute approximate surface area is 162 Å². The summed E-state index contributed by atoms with van der Waals surface area (Å²) in [5.41, 5.74) is 1.98. The number of nitro benzene ring substituents is 1. The number of hydrogen-bond acceptors (Lipinski definition) is 8. The standard InChI is InChI=1S/C18H12N8O3/c27-17-15-13(14(20-21-17)11-7-4-8-12(9-11)26(28)29)16(10-5-2-1-3-6-10)25-18(19-15)22-23-24-25/h1-9,16H,(H,21,27)(H,19,22,24). The third-order valence-corrected chi connectivity index (χ3v) is 4.71. The van der Waals surface area contributed by atoms with E-state index in [1.165, 1.54) is 12.1 Å². The Kier molecular flexibility index (Phi) is 3.66. The van der Waals surface area contributed by atoms with Crippen LogP contribution in [-0.2, 0) is 0 Å². The predicted octanol–water partition coefficient (Wildman–Crippen LogP) is 2.03. The van der Waals surface area contributed by atoms with Gasteiger partial charge in [0.2, 0.25) is 5.95 Å². The van der Waals surface area contributed by atoms with E-state index in [1.807, 2.05) is 30.3 Å². The van der Waals surface area contributed by atoms with Gasteiger partial charge in [0.25, 0.3) is 11.2 Å². The third kappa shape index (κ3) is 2.64. The maximum absolute atomic E-state index is 12.6. The topological polar surface area (TPSA) is 145 Å². The number of nitro groups is 1. The number of fused-ring (bicyclic) bond motifs is 2. The van der Waals surface area contributed by atoms with Gasteiger partial charge in [-0.05, 0) is 16.0 Å². The number of H-pyrrole nitrogens is 1. The van der Waals surface area contributed by atoms with E-state index < -0.39 is 16.5 Å². The molecule has 0 saturated carbocycles. The fourth-order valence-corrected chi connectivity index (χ4v) is 3.47. The minimum absolute atomic E-state index is 0.0765. The Balaban J connectivity index is 1.81. The highest BCUT2D eigenvalue weighted by Gasteiger charge is 2.34. The maximum atomic E-state index is 12.6. The summed E-state index contributed by atoms with van der Waals surface area (Å²) >= 11 is 0. The van der Waals surface area contributed by atoms with Crippen LogP contribution < -0.4 is 10.9 Å². The van der Waals surface area contributed by atoms with Gasteiger partial charge in [-0.25, -0.2) is 5.10 Å². The van der Waals surface area contributed by atoms with Gasteiger partial charge in [-0.2, -0.15) is 9.78 Å². The van der Waals surface area contributed by atoms with Crippen molar-refractivity contribution >= 4 is 17.3 Å². The highest BCUT2D eigenvalue weighted by Crippen LogP contribution is 2.41. The monoisotopic (exact) mass is 388 g/mol. The molecule has 1 atom stereocenters. The van der Waals surface area contributed by atoms with Crippen LogP contribution in [0.5, 0.6) is 0 Å². The number of nitrogens with zero attached hydrogens (tertiary/aromatic N) is 6. The first kappa shape index (κ1) is 16.7. The van der Waals surface area contributed by atoms with Crippen molar-refractivity contribution in [2.45, 2.75) is 6.04 Å². The number of nitrogens with one attached hydrogen (secondary N) is 2. The molecule has 0 spiro atoms. The number of benzene rings is 2. The Morgan fingerprint density at radius 1 is 1.10 bits per heavy atom. The van der Waals surface area contributed by atoms with Gasteiger partial charge in [0, 0.05) is 23.3 Å². The van der Waals surface area contributed by atoms with Crippen LogP contribution in [0.2, 0.25) is 0 Å². The molecule has 11 nitrogen and oxygen atoms in total. The summed E-state index contributed by atoms with van der Waals surface area (Å²) in [4.78, 5) is 23.3. The summed E-state index contributed by atoms with van der Waals surface area (Å²) < 4.78 is 1.56. The molecule has 0 aliphatic carbocycles. The van der Waals surface area contributed by atoms with Crippen LogP contribution in [0.15, 0.2) is 59.4 Å². The van der Waals surface area contributed by atoms with Crippen LogP contribution in [-0.4, -0.2) is 35.3 Å². The van der Waals surface area contributed by atoms with Crippen molar-refractivity contribution in [3.8, 4) is 11.3 Å². The van der Waals surface area contributed by atoms with Gasteiger partial charge in [0.1, 0.15) is 11.7 Å². The third-order valence-electron chi connectivity index (χ3n) is 4.71. The van der Waals surface area contributed by atoms with E-state index in [1.54, 1.807) is 16.8 Å². The molecule has 3 heterocycles. The summed E-state index contributed by atoms with van der Waals surface area (Å²) in [5, 5.41) is 32.6. The predicted molar refractivity (Wildman–Crippen MR) is 102 cm³/mol. The first-order valence-corrected chi connectivity index (χ1v) is 8.60. The zero-order valence-corrected chi connectivity index (χ0v) is 14.7. The van der Waals surface area contributed by atoms with Gasteiger partial charge in [-0.1, -0.05) is 47.6 Å². The zero-order chi connectivity index (χ0) is 20.0. The van der Waals surface area contributed by atoms with Gasteiger partial charge < -0.3 is 5.32 Å². The van der Waals surface area contributed by atoms with Crippen LogP contribution in [0.3, 0.4) is 0 Å². The normalized spacial score (nSPS) is 14.6. The number of tetrazole rings is 1. The second kappa shape index (κ2) is 6.34. The lowest BCUT2D eigenvalue weighted by atomic mass is 9.92. The molecule has 0 saturated heterocycles. The van der Waals surface area contributed by atoms with Gasteiger partial charge in [0.05, 0.1) is 10.6 Å². The van der Waals surface area contributed by atoms with E-state index in [2.05, 4.69) is 31.0 Å². The van der Waals surface area contributed by atoms with Crippen LogP contribution in [0.4, 0.5) is 17.3 Å². The fraction of sp³-hybridized carbons (Fsp3) is 0.0556. The van der Waals surface area contributed by atoms with Gasteiger partial charge in [0.15, 0.2) is 0 Å². The van der Waals surface area contributed by atoms with Gasteiger partial charge >= 0.3 is 0 Å². The molecule has 0 amide bonds. The quantitative estimate of drug-likeness (QED) is 0.353. The molecule has 1 unspecified atom stereocenters. The smallest absolute Gasteiger partial charge is 0.288 e. The van der Waals surface area contributed by atoms with Crippen molar-refractivity contribution in [2.75, 3.05) is 5.32 Å². The number of aromatic amines is 1. The molecule has 1 aliphatic heterocycles. The molecule has 1 aliphatic rings. The van der Waals surface area contributed by atoms with Crippen molar-refractivity contribution in [3.05, 3.63) is 86.2 Å². The van der Waals surface area contributed by atoms with Crippen molar-refractivity contribution in [3.63, 3.8) is 0 Å². The highest BCUT2D eigenvalue weighted by molar-refractivity contribution is 5.76. The van der Waals surface area contributed by atoms with Crippen LogP contribution in [0.1, 0.15) is 17.2 Å². The lowest BCUT2D eigenvalue weighted by molar-refractivity contribution is -0.384. The molecule has 0 radical (unpaired) electrons. The zero-order valence-electron chi connectivity index (χ0n) is 14.7. The van der Waals surface area contributed by atoms with Crippen molar-refractivity contribution in [1.82, 2.24) is 30.4 Å². The molecule has 0 fully saturated rings. The fourth-order valence-electron chi connectivity index (χ4n) is 3.47. The second-order valence-electron chi connectivity index (χ2n) is 6.38. The van der Waals surface area contributed by atoms with E-state index in [0.717, 1.165) is 5.56 Å². The van der Waals surface area contributed by atoms with Crippen molar-refractivity contribution < 1.29 is 4.92 Å². The Bertz CT molecular complexity index is 1300. The van der Waals surface area contributed by atoms with Crippen molar-refractivity contribution in [1.29, 1.82) is 0 Å². The van der Waals surface area contributed by atoms with Crippen LogP contribution in [0.25, 0.3) is 11.3 Å². The average Bonchev–Trinajstić information content (AvgIpc) is 3.22. The Morgan fingerprint density at radius 2 is 1.93 bits per heavy atom. The average molecular weight is 388 g/mol. The van der Waals surface area contributed by atoms with Gasteiger partial charge in [-0.3, -0.25) is 14.9 Å². The molecule has 2 aromatic heterocycles. The first-order valence-electron chi connectivity index (χ1n) is 8.60. The number of rotatable bonds is 3. The number of hydrogen-bond donors (Lipinski definition) is 2. The lowest BCUT2D eigenvalue weighted by Crippen LogP contribution is -2.29. The second-order valence-corrected chi connectivity index (χ2v) is 6.38. The summed E-state index contributed by atoms with van der Waals surface area (Å²) in [6, 6.07) is 14.9. The van der Waals surface area contributed by atoms with Gasteiger partial charge in [-0.15, -0.1) is 0 Å². The Morgan fingerprint density at radius 3 is 2.72 bits per heavy atom.